The zero-order chi connectivity index (χ0) is 24.5. The lowest BCUT2D eigenvalue weighted by Gasteiger charge is -2.20. The molecule has 0 aliphatic carbocycles. The Morgan fingerprint density at radius 2 is 1.65 bits per heavy atom. The highest BCUT2D eigenvalue weighted by molar-refractivity contribution is 7.90. The van der Waals surface area contributed by atoms with Gasteiger partial charge in [0.05, 0.1) is 17.1 Å². The number of fused-ring (bicyclic) bond motifs is 1. The number of sulfone groups is 1. The molecule has 1 amide bonds. The van der Waals surface area contributed by atoms with Gasteiger partial charge in [0.15, 0.2) is 9.84 Å². The summed E-state index contributed by atoms with van der Waals surface area (Å²) in [6.07, 6.45) is 1.15. The molecule has 176 valence electrons. The number of carbonyl (C=O) groups excluding carboxylic acids is 1. The number of ether oxygens (including phenoxy) is 1. The highest BCUT2D eigenvalue weighted by Gasteiger charge is 2.22. The second-order valence-electron chi connectivity index (χ2n) is 8.75. The molecule has 3 aromatic rings. The van der Waals surface area contributed by atoms with Crippen molar-refractivity contribution in [3.05, 3.63) is 77.4 Å². The van der Waals surface area contributed by atoms with Crippen LogP contribution in [0.25, 0.3) is 11.1 Å². The zero-order valence-electron chi connectivity index (χ0n) is 19.8. The molecule has 0 spiro atoms. The molecule has 0 saturated carbocycles. The lowest BCUT2D eigenvalue weighted by Crippen LogP contribution is -2.32. The number of amides is 1. The predicted octanol–water partition coefficient (Wildman–Crippen LogP) is 5.21. The fourth-order valence-corrected chi connectivity index (χ4v) is 4.61. The van der Waals surface area contributed by atoms with E-state index in [0.29, 0.717) is 25.3 Å². The van der Waals surface area contributed by atoms with Gasteiger partial charge in [-0.25, -0.2) is 8.42 Å². The lowest BCUT2D eigenvalue weighted by molar-refractivity contribution is 0.0733. The number of aryl methyl sites for hydroxylation is 1. The summed E-state index contributed by atoms with van der Waals surface area (Å²) in [7, 11) is -3.31. The maximum atomic E-state index is 13.2. The number of benzene rings is 3. The second kappa shape index (κ2) is 9.43. The van der Waals surface area contributed by atoms with Gasteiger partial charge in [0.25, 0.3) is 5.91 Å². The Kier molecular flexibility index (Phi) is 6.57. The number of aliphatic imine (C=N–C) groups is 1. The molecule has 0 atom stereocenters. The molecule has 34 heavy (non-hydrogen) atoms. The van der Waals surface area contributed by atoms with Crippen LogP contribution in [0.4, 0.5) is 5.69 Å². The Morgan fingerprint density at radius 3 is 2.29 bits per heavy atom. The van der Waals surface area contributed by atoms with Gasteiger partial charge in [0.2, 0.25) is 0 Å². The topological polar surface area (TPSA) is 76.0 Å². The third-order valence-electron chi connectivity index (χ3n) is 5.73. The fourth-order valence-electron chi connectivity index (χ4n) is 3.98. The smallest absolute Gasteiger partial charge is 0.254 e. The van der Waals surface area contributed by atoms with Crippen molar-refractivity contribution in [2.45, 2.75) is 32.2 Å². The Hall–Kier alpha value is -3.45. The van der Waals surface area contributed by atoms with Gasteiger partial charge in [-0.15, -0.1) is 0 Å². The van der Waals surface area contributed by atoms with Crippen molar-refractivity contribution in [3.8, 4) is 16.9 Å². The van der Waals surface area contributed by atoms with E-state index in [9.17, 15) is 13.2 Å². The minimum Gasteiger partial charge on any atom is -0.491 e. The van der Waals surface area contributed by atoms with Gasteiger partial charge in [-0.2, -0.15) is 0 Å². The van der Waals surface area contributed by atoms with Crippen molar-refractivity contribution in [1.29, 1.82) is 0 Å². The molecule has 0 bridgehead atoms. The van der Waals surface area contributed by atoms with Gasteiger partial charge in [-0.1, -0.05) is 12.1 Å². The van der Waals surface area contributed by atoms with E-state index in [2.05, 4.69) is 23.2 Å². The minimum atomic E-state index is -3.31. The van der Waals surface area contributed by atoms with Crippen LogP contribution in [0.15, 0.2) is 70.6 Å². The summed E-state index contributed by atoms with van der Waals surface area (Å²) in [5.74, 6) is 0.612. The third kappa shape index (κ3) is 5.20. The van der Waals surface area contributed by atoms with Crippen LogP contribution < -0.4 is 4.74 Å². The van der Waals surface area contributed by atoms with E-state index in [4.69, 9.17) is 4.74 Å². The average molecular weight is 477 g/mol. The molecule has 1 aliphatic heterocycles. The molecule has 0 unspecified atom stereocenters. The van der Waals surface area contributed by atoms with Crippen molar-refractivity contribution < 1.29 is 17.9 Å². The van der Waals surface area contributed by atoms with Gasteiger partial charge in [0, 0.05) is 29.6 Å². The summed E-state index contributed by atoms with van der Waals surface area (Å²) in [6, 6.07) is 18.3. The van der Waals surface area contributed by atoms with Crippen molar-refractivity contribution in [2.24, 2.45) is 4.99 Å². The van der Waals surface area contributed by atoms with Crippen molar-refractivity contribution >= 4 is 27.1 Å². The van der Waals surface area contributed by atoms with E-state index in [-0.39, 0.29) is 10.8 Å². The van der Waals surface area contributed by atoms with E-state index < -0.39 is 9.84 Å². The predicted molar refractivity (Wildman–Crippen MR) is 135 cm³/mol. The van der Waals surface area contributed by atoms with E-state index in [1.807, 2.05) is 39.0 Å². The van der Waals surface area contributed by atoms with Crippen molar-refractivity contribution in [1.82, 2.24) is 4.90 Å². The molecule has 6 nitrogen and oxygen atoms in total. The molecule has 0 fully saturated rings. The third-order valence-corrected chi connectivity index (χ3v) is 6.86. The number of carbonyl (C=O) groups is 1. The van der Waals surface area contributed by atoms with Crippen LogP contribution in [0.5, 0.6) is 5.75 Å². The Labute approximate surface area is 200 Å². The number of nitrogens with zero attached hydrogens (tertiary/aromatic N) is 2. The number of hydrogen-bond acceptors (Lipinski definition) is 5. The number of hydrogen-bond donors (Lipinski definition) is 0. The molecule has 1 aliphatic rings. The molecule has 0 aromatic heterocycles. The molecular formula is C27H28N2O4S. The first kappa shape index (κ1) is 23.7. The van der Waals surface area contributed by atoms with E-state index >= 15 is 0 Å². The van der Waals surface area contributed by atoms with Gasteiger partial charge >= 0.3 is 0 Å². The van der Waals surface area contributed by atoms with Crippen molar-refractivity contribution in [2.75, 3.05) is 19.4 Å². The Morgan fingerprint density at radius 1 is 0.971 bits per heavy atom. The normalized spacial score (nSPS) is 13.5. The highest BCUT2D eigenvalue weighted by atomic mass is 32.2. The van der Waals surface area contributed by atoms with Crippen LogP contribution in [0.1, 0.15) is 35.3 Å². The van der Waals surface area contributed by atoms with E-state index in [1.54, 1.807) is 17.0 Å². The molecule has 0 saturated heterocycles. The molecule has 1 heterocycles. The summed E-state index contributed by atoms with van der Waals surface area (Å²) in [6.45, 7) is 7.25. The van der Waals surface area contributed by atoms with Crippen LogP contribution in [-0.2, 0) is 16.4 Å². The Balaban J connectivity index is 1.60. The maximum Gasteiger partial charge on any atom is 0.254 e. The van der Waals surface area contributed by atoms with Gasteiger partial charge in [0.1, 0.15) is 12.4 Å². The first-order valence-electron chi connectivity index (χ1n) is 11.1. The fraction of sp³-hybridized carbons (Fsp3) is 0.259. The lowest BCUT2D eigenvalue weighted by atomic mass is 9.99. The molecule has 4 rings (SSSR count). The summed E-state index contributed by atoms with van der Waals surface area (Å²) < 4.78 is 29.3. The van der Waals surface area contributed by atoms with Crippen LogP contribution in [0.3, 0.4) is 0 Å². The van der Waals surface area contributed by atoms with Gasteiger partial charge in [-0.3, -0.25) is 9.79 Å². The minimum absolute atomic E-state index is 0.158. The number of rotatable bonds is 4. The monoisotopic (exact) mass is 476 g/mol. The van der Waals surface area contributed by atoms with Crippen LogP contribution >= 0.6 is 0 Å². The molecule has 0 N–H and O–H groups in total. The summed E-state index contributed by atoms with van der Waals surface area (Å²) in [4.78, 5) is 19.7. The summed E-state index contributed by atoms with van der Waals surface area (Å²) >= 11 is 0. The molecule has 3 aromatic carbocycles. The summed E-state index contributed by atoms with van der Waals surface area (Å²) in [5.41, 5.74) is 6.56. The Bertz CT molecular complexity index is 1370. The van der Waals surface area contributed by atoms with E-state index in [1.165, 1.54) is 12.1 Å². The SMILES string of the molecule is CC(C)=Nc1ccc(-c2ccc3c(c2)CN(C(=O)c2ccc(S(C)(=O)=O)cc2)CCO3)cc1C. The quantitative estimate of drug-likeness (QED) is 0.484. The second-order valence-corrected chi connectivity index (χ2v) is 10.8. The standard InChI is InChI=1S/C27H28N2O4S/c1-18(2)28-25-11-7-21(15-19(25)3)22-8-12-26-23(16-22)17-29(13-14-33-26)27(30)20-5-9-24(10-6-20)34(4,31)32/h5-12,15-16H,13-14,17H2,1-4H3. The maximum absolute atomic E-state index is 13.2. The molecular weight excluding hydrogens is 448 g/mol. The van der Waals surface area contributed by atoms with Gasteiger partial charge < -0.3 is 9.64 Å². The molecule has 7 heteroatoms. The van der Waals surface area contributed by atoms with E-state index in [0.717, 1.165) is 45.7 Å². The van der Waals surface area contributed by atoms with Crippen LogP contribution in [-0.4, -0.2) is 44.3 Å². The largest absolute Gasteiger partial charge is 0.491 e. The first-order valence-corrected chi connectivity index (χ1v) is 13.0. The molecule has 0 radical (unpaired) electrons. The average Bonchev–Trinajstić information content (AvgIpc) is 3.01. The zero-order valence-corrected chi connectivity index (χ0v) is 20.6. The van der Waals surface area contributed by atoms with Gasteiger partial charge in [-0.05, 0) is 86.0 Å². The van der Waals surface area contributed by atoms with Crippen molar-refractivity contribution in [3.63, 3.8) is 0 Å². The first-order chi connectivity index (χ1) is 16.1. The highest BCUT2D eigenvalue weighted by Crippen LogP contribution is 2.32. The summed E-state index contributed by atoms with van der Waals surface area (Å²) in [5, 5.41) is 0. The van der Waals surface area contributed by atoms with Crippen LogP contribution in [0, 0.1) is 6.92 Å². The van der Waals surface area contributed by atoms with Crippen LogP contribution in [0.2, 0.25) is 0 Å².